The van der Waals surface area contributed by atoms with Gasteiger partial charge in [-0.05, 0) is 29.7 Å². The summed E-state index contributed by atoms with van der Waals surface area (Å²) in [6, 6.07) is 17.8. The molecule has 2 nitrogen and oxygen atoms in total. The zero-order chi connectivity index (χ0) is 14.2. The van der Waals surface area contributed by atoms with Gasteiger partial charge in [0.15, 0.2) is 0 Å². The Morgan fingerprint density at radius 1 is 1.00 bits per heavy atom. The molecule has 0 amide bonds. The first-order chi connectivity index (χ1) is 9.79. The van der Waals surface area contributed by atoms with Crippen LogP contribution < -0.4 is 4.74 Å². The van der Waals surface area contributed by atoms with Crippen LogP contribution in [0.5, 0.6) is 5.75 Å². The maximum absolute atomic E-state index is 10.0. The van der Waals surface area contributed by atoms with Crippen molar-refractivity contribution in [3.05, 3.63) is 65.7 Å². The predicted molar refractivity (Wildman–Crippen MR) is 81.7 cm³/mol. The molecule has 2 aromatic carbocycles. The second-order valence-electron chi connectivity index (χ2n) is 5.00. The fraction of sp³-hybridized carbons (Fsp3) is 0.333. The third-order valence-electron chi connectivity index (χ3n) is 3.34. The molecular formula is C18H22O2. The van der Waals surface area contributed by atoms with Crippen molar-refractivity contribution in [1.82, 2.24) is 0 Å². The lowest BCUT2D eigenvalue weighted by molar-refractivity contribution is 0.164. The van der Waals surface area contributed by atoms with E-state index in [2.05, 4.69) is 6.92 Å². The Hall–Kier alpha value is -1.80. The van der Waals surface area contributed by atoms with Crippen LogP contribution in [-0.4, -0.2) is 5.11 Å². The van der Waals surface area contributed by atoms with Gasteiger partial charge in [0.2, 0.25) is 0 Å². The second kappa shape index (κ2) is 7.71. The highest BCUT2D eigenvalue weighted by Gasteiger charge is 2.06. The smallest absolute Gasteiger partial charge is 0.119 e. The summed E-state index contributed by atoms with van der Waals surface area (Å²) in [7, 11) is 0. The quantitative estimate of drug-likeness (QED) is 0.803. The molecule has 0 saturated heterocycles. The van der Waals surface area contributed by atoms with Crippen LogP contribution in [-0.2, 0) is 6.61 Å². The van der Waals surface area contributed by atoms with E-state index in [1.807, 2.05) is 54.6 Å². The SMILES string of the molecule is CCCCC(O)c1ccc(OCc2ccccc2)cc1. The highest BCUT2D eigenvalue weighted by Crippen LogP contribution is 2.22. The van der Waals surface area contributed by atoms with E-state index in [-0.39, 0.29) is 6.10 Å². The van der Waals surface area contributed by atoms with Gasteiger partial charge in [-0.1, -0.05) is 62.2 Å². The molecule has 2 aromatic rings. The minimum absolute atomic E-state index is 0.363. The Balaban J connectivity index is 1.88. The van der Waals surface area contributed by atoms with Crippen LogP contribution in [0.2, 0.25) is 0 Å². The molecule has 0 aliphatic rings. The van der Waals surface area contributed by atoms with Crippen molar-refractivity contribution in [2.24, 2.45) is 0 Å². The van der Waals surface area contributed by atoms with Crippen molar-refractivity contribution in [3.8, 4) is 5.75 Å². The number of ether oxygens (including phenoxy) is 1. The molecule has 1 atom stereocenters. The standard InChI is InChI=1S/C18H22O2/c1-2-3-9-18(19)16-10-12-17(13-11-16)20-14-15-7-5-4-6-8-15/h4-8,10-13,18-19H,2-3,9,14H2,1H3. The molecule has 2 heteroatoms. The minimum Gasteiger partial charge on any atom is -0.489 e. The third-order valence-corrected chi connectivity index (χ3v) is 3.34. The maximum Gasteiger partial charge on any atom is 0.119 e. The zero-order valence-corrected chi connectivity index (χ0v) is 12.0. The van der Waals surface area contributed by atoms with Gasteiger partial charge >= 0.3 is 0 Å². The van der Waals surface area contributed by atoms with Crippen molar-refractivity contribution in [2.45, 2.75) is 38.9 Å². The van der Waals surface area contributed by atoms with Crippen molar-refractivity contribution in [2.75, 3.05) is 0 Å². The first kappa shape index (κ1) is 14.6. The van der Waals surface area contributed by atoms with Gasteiger partial charge in [-0.25, -0.2) is 0 Å². The summed E-state index contributed by atoms with van der Waals surface area (Å²) in [5, 5.41) is 10.0. The summed E-state index contributed by atoms with van der Waals surface area (Å²) >= 11 is 0. The lowest BCUT2D eigenvalue weighted by atomic mass is 10.0. The van der Waals surface area contributed by atoms with Crippen LogP contribution in [0.15, 0.2) is 54.6 Å². The van der Waals surface area contributed by atoms with Crippen LogP contribution in [0.1, 0.15) is 43.4 Å². The van der Waals surface area contributed by atoms with Gasteiger partial charge < -0.3 is 9.84 Å². The highest BCUT2D eigenvalue weighted by molar-refractivity contribution is 5.29. The van der Waals surface area contributed by atoms with E-state index in [0.29, 0.717) is 6.61 Å². The Labute approximate surface area is 121 Å². The number of rotatable bonds is 7. The van der Waals surface area contributed by atoms with E-state index >= 15 is 0 Å². The Kier molecular flexibility index (Phi) is 5.63. The highest BCUT2D eigenvalue weighted by atomic mass is 16.5. The molecule has 0 fully saturated rings. The maximum atomic E-state index is 10.0. The summed E-state index contributed by atoms with van der Waals surface area (Å²) in [4.78, 5) is 0. The summed E-state index contributed by atoms with van der Waals surface area (Å²) in [5.74, 6) is 0.834. The molecule has 0 spiro atoms. The summed E-state index contributed by atoms with van der Waals surface area (Å²) in [6.45, 7) is 2.70. The normalized spacial score (nSPS) is 12.1. The zero-order valence-electron chi connectivity index (χ0n) is 12.0. The van der Waals surface area contributed by atoms with Crippen molar-refractivity contribution in [1.29, 1.82) is 0 Å². The molecule has 0 heterocycles. The van der Waals surface area contributed by atoms with Crippen LogP contribution in [0.3, 0.4) is 0 Å². The van der Waals surface area contributed by atoms with E-state index in [9.17, 15) is 5.11 Å². The topological polar surface area (TPSA) is 29.5 Å². The summed E-state index contributed by atoms with van der Waals surface area (Å²) in [5.41, 5.74) is 2.12. The molecule has 1 N–H and O–H groups in total. The van der Waals surface area contributed by atoms with E-state index in [0.717, 1.165) is 36.1 Å². The first-order valence-electron chi connectivity index (χ1n) is 7.24. The number of unbranched alkanes of at least 4 members (excludes halogenated alkanes) is 1. The molecule has 0 bridgehead atoms. The van der Waals surface area contributed by atoms with Crippen molar-refractivity contribution in [3.63, 3.8) is 0 Å². The molecule has 0 saturated carbocycles. The first-order valence-corrected chi connectivity index (χ1v) is 7.24. The lowest BCUT2D eigenvalue weighted by Gasteiger charge is -2.11. The van der Waals surface area contributed by atoms with E-state index < -0.39 is 0 Å². The number of benzene rings is 2. The van der Waals surface area contributed by atoms with E-state index in [1.54, 1.807) is 0 Å². The fourth-order valence-corrected chi connectivity index (χ4v) is 2.09. The fourth-order valence-electron chi connectivity index (χ4n) is 2.09. The molecule has 20 heavy (non-hydrogen) atoms. The summed E-state index contributed by atoms with van der Waals surface area (Å²) in [6.07, 6.45) is 2.61. The number of hydrogen-bond donors (Lipinski definition) is 1. The van der Waals surface area contributed by atoms with Crippen LogP contribution in [0.25, 0.3) is 0 Å². The predicted octanol–water partition coefficient (Wildman–Crippen LogP) is 4.49. The Bertz CT molecular complexity index is 491. The van der Waals surface area contributed by atoms with Crippen LogP contribution in [0.4, 0.5) is 0 Å². The van der Waals surface area contributed by atoms with Crippen LogP contribution in [0, 0.1) is 0 Å². The molecule has 106 valence electrons. The largest absolute Gasteiger partial charge is 0.489 e. The second-order valence-corrected chi connectivity index (χ2v) is 5.00. The Morgan fingerprint density at radius 2 is 1.70 bits per heavy atom. The molecule has 2 rings (SSSR count). The number of aliphatic hydroxyl groups is 1. The van der Waals surface area contributed by atoms with Gasteiger partial charge in [0, 0.05) is 0 Å². The van der Waals surface area contributed by atoms with Gasteiger partial charge in [0.1, 0.15) is 12.4 Å². The van der Waals surface area contributed by atoms with Gasteiger partial charge in [-0.3, -0.25) is 0 Å². The molecular weight excluding hydrogens is 248 g/mol. The average Bonchev–Trinajstić information content (AvgIpc) is 2.52. The van der Waals surface area contributed by atoms with Gasteiger partial charge in [-0.15, -0.1) is 0 Å². The van der Waals surface area contributed by atoms with Gasteiger partial charge in [-0.2, -0.15) is 0 Å². The van der Waals surface area contributed by atoms with Crippen molar-refractivity contribution >= 4 is 0 Å². The molecule has 1 unspecified atom stereocenters. The monoisotopic (exact) mass is 270 g/mol. The molecule has 0 aliphatic carbocycles. The van der Waals surface area contributed by atoms with Gasteiger partial charge in [0.25, 0.3) is 0 Å². The van der Waals surface area contributed by atoms with E-state index in [4.69, 9.17) is 4.74 Å². The average molecular weight is 270 g/mol. The summed E-state index contributed by atoms with van der Waals surface area (Å²) < 4.78 is 5.73. The Morgan fingerprint density at radius 3 is 2.35 bits per heavy atom. The lowest BCUT2D eigenvalue weighted by Crippen LogP contribution is -1.98. The van der Waals surface area contributed by atoms with E-state index in [1.165, 1.54) is 0 Å². The van der Waals surface area contributed by atoms with Crippen molar-refractivity contribution < 1.29 is 9.84 Å². The van der Waals surface area contributed by atoms with Gasteiger partial charge in [0.05, 0.1) is 6.10 Å². The molecule has 0 aromatic heterocycles. The third kappa shape index (κ3) is 4.39. The number of hydrogen-bond acceptors (Lipinski definition) is 2. The molecule has 0 aliphatic heterocycles. The van der Waals surface area contributed by atoms with Crippen LogP contribution >= 0.6 is 0 Å². The molecule has 0 radical (unpaired) electrons. The minimum atomic E-state index is -0.363. The number of aliphatic hydroxyl groups excluding tert-OH is 1.